The summed E-state index contributed by atoms with van der Waals surface area (Å²) in [6.07, 6.45) is 12.7. The third-order valence-corrected chi connectivity index (χ3v) is 7.27. The number of aromatic nitrogens is 4. The van der Waals surface area contributed by atoms with E-state index in [1.807, 2.05) is 24.3 Å². The molecular formula is C27H38N8O6ReS2. The third-order valence-electron chi connectivity index (χ3n) is 6.41. The zero-order valence-corrected chi connectivity index (χ0v) is 28.5. The van der Waals surface area contributed by atoms with E-state index in [0.29, 0.717) is 29.9 Å². The Morgan fingerprint density at radius 3 is 2.00 bits per heavy atom. The van der Waals surface area contributed by atoms with Crippen molar-refractivity contribution in [1.29, 1.82) is 0 Å². The molecule has 0 fully saturated rings. The maximum Gasteiger partial charge on any atom is 0.323 e. The van der Waals surface area contributed by atoms with E-state index in [0.717, 1.165) is 74.2 Å². The van der Waals surface area contributed by atoms with Crippen LogP contribution in [0.1, 0.15) is 50.2 Å². The predicted octanol–water partition coefficient (Wildman–Crippen LogP) is 3.40. The van der Waals surface area contributed by atoms with E-state index in [1.54, 1.807) is 33.9 Å². The molecule has 0 amide bonds. The summed E-state index contributed by atoms with van der Waals surface area (Å²) < 4.78 is 7.84. The molecule has 17 heteroatoms. The van der Waals surface area contributed by atoms with Crippen LogP contribution in [0.15, 0.2) is 53.9 Å². The number of carboxylic acid groups (broad SMARTS) is 2. The molecule has 0 spiro atoms. The van der Waals surface area contributed by atoms with Crippen LogP contribution in [0.4, 0.5) is 5.69 Å². The van der Waals surface area contributed by atoms with Crippen LogP contribution < -0.4 is 16.5 Å². The Kier molecular flexibility index (Phi) is 17.8. The number of nitrogens with two attached hydrogens (primary N) is 1. The van der Waals surface area contributed by atoms with Gasteiger partial charge in [0, 0.05) is 62.3 Å². The number of unbranched alkanes of at least 4 members (excludes halogenated alkanes) is 5. The number of aliphatic carboxylic acids is 2. The van der Waals surface area contributed by atoms with Gasteiger partial charge in [-0.2, -0.15) is 5.90 Å². The van der Waals surface area contributed by atoms with Crippen molar-refractivity contribution in [2.45, 2.75) is 69.6 Å². The molecule has 0 bridgehead atoms. The summed E-state index contributed by atoms with van der Waals surface area (Å²) in [5.41, 5.74) is 0.862. The Morgan fingerprint density at radius 2 is 1.45 bits per heavy atom. The molecule has 14 nitrogen and oxygen atoms in total. The van der Waals surface area contributed by atoms with Crippen molar-refractivity contribution >= 4 is 47.0 Å². The van der Waals surface area contributed by atoms with Crippen LogP contribution in [0.25, 0.3) is 0 Å². The topological polar surface area (TPSA) is 182 Å². The fourth-order valence-electron chi connectivity index (χ4n) is 4.37. The number of rotatable bonds is 21. The smallest absolute Gasteiger partial charge is 0.323 e. The van der Waals surface area contributed by atoms with Crippen LogP contribution in [0.2, 0.25) is 0 Å². The number of carbonyl (C=O) groups is 2. The zero-order valence-electron chi connectivity index (χ0n) is 24.1. The molecule has 44 heavy (non-hydrogen) atoms. The fourth-order valence-corrected chi connectivity index (χ4v) is 4.96. The molecule has 0 unspecified atom stereocenters. The van der Waals surface area contributed by atoms with Crippen molar-refractivity contribution in [3.63, 3.8) is 0 Å². The molecule has 1 aromatic carbocycles. The average Bonchev–Trinajstić information content (AvgIpc) is 3.59. The first-order chi connectivity index (χ1) is 20.8. The summed E-state index contributed by atoms with van der Waals surface area (Å²) in [5, 5.41) is 25.4. The first-order valence-electron chi connectivity index (χ1n) is 13.8. The summed E-state index contributed by atoms with van der Waals surface area (Å²) in [6.45, 7) is 2.05. The minimum atomic E-state index is -0.938. The van der Waals surface area contributed by atoms with Crippen molar-refractivity contribution in [1.82, 2.24) is 29.3 Å². The molecule has 1 radical (unpaired) electrons. The molecule has 0 saturated heterocycles. The molecule has 241 valence electrons. The van der Waals surface area contributed by atoms with Gasteiger partial charge in [-0.25, -0.2) is 9.97 Å². The fraction of sp³-hybridized carbons (Fsp3) is 0.444. The molecular weight excluding hydrogens is 783 g/mol. The molecule has 0 aliphatic heterocycles. The number of thiocarbonyl (C=S) groups is 1. The third kappa shape index (κ3) is 14.3. The largest absolute Gasteiger partial charge is 0.480 e. The van der Waals surface area contributed by atoms with Gasteiger partial charge in [-0.1, -0.05) is 25.7 Å². The second kappa shape index (κ2) is 21.0. The second-order valence-electron chi connectivity index (χ2n) is 9.72. The van der Waals surface area contributed by atoms with E-state index in [2.05, 4.69) is 34.8 Å². The predicted molar refractivity (Wildman–Crippen MR) is 164 cm³/mol. The van der Waals surface area contributed by atoms with Gasteiger partial charge in [0.1, 0.15) is 24.7 Å². The van der Waals surface area contributed by atoms with Crippen molar-refractivity contribution in [2.24, 2.45) is 5.90 Å². The maximum atomic E-state index is 11.2. The zero-order chi connectivity index (χ0) is 30.9. The van der Waals surface area contributed by atoms with Crippen LogP contribution in [0.5, 0.6) is 0 Å². The number of hydrogen-bond donors (Lipinski definition) is 5. The molecule has 2 aromatic heterocycles. The minimum absolute atomic E-state index is 0. The number of benzene rings is 1. The van der Waals surface area contributed by atoms with E-state index in [9.17, 15) is 19.8 Å². The van der Waals surface area contributed by atoms with Crippen LogP contribution >= 0.6 is 24.3 Å². The van der Waals surface area contributed by atoms with Crippen molar-refractivity contribution in [3.8, 4) is 0 Å². The number of carboxylic acids is 2. The van der Waals surface area contributed by atoms with Gasteiger partial charge in [0.15, 0.2) is 5.11 Å². The molecule has 0 aliphatic carbocycles. The molecule has 0 atom stereocenters. The van der Waals surface area contributed by atoms with Gasteiger partial charge >= 0.3 is 11.9 Å². The van der Waals surface area contributed by atoms with Crippen molar-refractivity contribution in [3.05, 3.63) is 60.7 Å². The summed E-state index contributed by atoms with van der Waals surface area (Å²) in [7, 11) is 0. The number of anilines is 1. The monoisotopic (exact) mass is 821 g/mol. The SMILES string of the molecule is NOOSc1ccc(NC(=S)NCCCCCCCCN(Cc2nccn2CC(=O)O)Cc2nccn2CC(=O)O)cc1.[Re]. The molecule has 0 aliphatic rings. The van der Waals surface area contributed by atoms with Crippen LogP contribution in [0.3, 0.4) is 0 Å². The standard InChI is InChI=1S/C27H38N8O6S2.Re/c28-40-41-43-22-9-7-21(8-10-22)32-27(42)31-11-5-3-1-2-4-6-14-33(17-23-29-12-15-34(23)19-25(36)37)18-24-30-13-16-35(24)20-26(38)39;/h7-10,12-13,15-16H,1-6,11,14,17-20,28H2,(H,36,37)(H,38,39)(H2,31,32,42);. The molecule has 6 N–H and O–H groups in total. The van der Waals surface area contributed by atoms with E-state index in [1.165, 1.54) is 0 Å². The maximum absolute atomic E-state index is 11.2. The van der Waals surface area contributed by atoms with Crippen LogP contribution in [-0.2, 0) is 65.5 Å². The van der Waals surface area contributed by atoms with Gasteiger partial charge in [0.2, 0.25) is 0 Å². The summed E-state index contributed by atoms with van der Waals surface area (Å²) in [5.74, 6) is 4.24. The molecule has 0 saturated carbocycles. The molecule has 3 aromatic rings. The van der Waals surface area contributed by atoms with Crippen molar-refractivity contribution in [2.75, 3.05) is 18.4 Å². The summed E-state index contributed by atoms with van der Waals surface area (Å²) >= 11 is 6.39. The quantitative estimate of drug-likeness (QED) is 0.0347. The van der Waals surface area contributed by atoms with Crippen molar-refractivity contribution < 1.29 is 49.5 Å². The van der Waals surface area contributed by atoms with E-state index in [-0.39, 0.29) is 33.5 Å². The van der Waals surface area contributed by atoms with E-state index >= 15 is 0 Å². The Balaban J connectivity index is 0.00000675. The van der Waals surface area contributed by atoms with Gasteiger partial charge < -0.3 is 30.0 Å². The molecule has 2 heterocycles. The van der Waals surface area contributed by atoms with Gasteiger partial charge in [0.05, 0.1) is 25.1 Å². The molecule has 3 rings (SSSR count). The summed E-state index contributed by atoms with van der Waals surface area (Å²) in [4.78, 5) is 38.2. The Bertz CT molecular complexity index is 1240. The Labute approximate surface area is 279 Å². The Morgan fingerprint density at radius 1 is 0.909 bits per heavy atom. The first-order valence-corrected chi connectivity index (χ1v) is 15.0. The number of hydrogen-bond acceptors (Lipinski definition) is 10. The van der Waals surface area contributed by atoms with E-state index < -0.39 is 11.9 Å². The van der Waals surface area contributed by atoms with Gasteiger partial charge in [0.25, 0.3) is 0 Å². The van der Waals surface area contributed by atoms with Gasteiger partial charge in [-0.15, -0.1) is 9.32 Å². The number of imidazole rings is 2. The normalized spacial score (nSPS) is 10.9. The van der Waals surface area contributed by atoms with Gasteiger partial charge in [-0.05, 0) is 55.9 Å². The Hall–Kier alpha value is -2.88. The number of nitrogens with zero attached hydrogens (tertiary/aromatic N) is 5. The second-order valence-corrected chi connectivity index (χ2v) is 10.9. The van der Waals surface area contributed by atoms with Crippen LogP contribution in [0, 0.1) is 0 Å². The average molecular weight is 821 g/mol. The van der Waals surface area contributed by atoms with Crippen LogP contribution in [-0.4, -0.2) is 64.4 Å². The summed E-state index contributed by atoms with van der Waals surface area (Å²) in [6, 6.07) is 7.48. The van der Waals surface area contributed by atoms with E-state index in [4.69, 9.17) is 18.1 Å². The first kappa shape index (κ1) is 37.3. The van der Waals surface area contributed by atoms with Gasteiger partial charge in [-0.3, -0.25) is 14.5 Å². The minimum Gasteiger partial charge on any atom is -0.480 e. The number of nitrogens with one attached hydrogen (secondary N) is 2.